The lowest BCUT2D eigenvalue weighted by molar-refractivity contribution is 0.0619. The third-order valence-electron chi connectivity index (χ3n) is 4.61. The highest BCUT2D eigenvalue weighted by Crippen LogP contribution is 2.15. The maximum absolute atomic E-state index is 13.1. The number of halogens is 1. The molecule has 11 heteroatoms. The van der Waals surface area contributed by atoms with Gasteiger partial charge in [0.2, 0.25) is 11.9 Å². The van der Waals surface area contributed by atoms with Crippen molar-refractivity contribution in [2.24, 2.45) is 0 Å². The summed E-state index contributed by atoms with van der Waals surface area (Å²) in [4.78, 5) is 37.0. The van der Waals surface area contributed by atoms with Gasteiger partial charge >= 0.3 is 0 Å². The average molecular weight is 409 g/mol. The number of nitrogens with two attached hydrogens (primary N) is 1. The maximum Gasteiger partial charge on any atom is 0.274 e. The summed E-state index contributed by atoms with van der Waals surface area (Å²) in [6.45, 7) is 2.93. The number of benzene rings is 1. The highest BCUT2D eigenvalue weighted by atomic mass is 19.1. The molecule has 154 valence electrons. The minimum atomic E-state index is -0.326. The van der Waals surface area contributed by atoms with Gasteiger partial charge in [0.15, 0.2) is 0 Å². The van der Waals surface area contributed by atoms with Gasteiger partial charge in [0.25, 0.3) is 5.91 Å². The SMILES string of the molecule is Nc1nc(CN2CCN(C(=O)c3cnccn3)CC2)nc(Nc2ccc(F)cc2)n1. The lowest BCUT2D eigenvalue weighted by Crippen LogP contribution is -2.48. The van der Waals surface area contributed by atoms with Crippen molar-refractivity contribution < 1.29 is 9.18 Å². The first-order valence-electron chi connectivity index (χ1n) is 9.37. The van der Waals surface area contributed by atoms with Crippen LogP contribution in [0.3, 0.4) is 0 Å². The lowest BCUT2D eigenvalue weighted by atomic mass is 10.2. The number of rotatable bonds is 5. The Hall–Kier alpha value is -3.73. The van der Waals surface area contributed by atoms with Gasteiger partial charge in [0, 0.05) is 44.3 Å². The van der Waals surface area contributed by atoms with E-state index in [2.05, 4.69) is 35.1 Å². The Morgan fingerprint density at radius 2 is 1.83 bits per heavy atom. The van der Waals surface area contributed by atoms with Crippen molar-refractivity contribution >= 4 is 23.5 Å². The number of piperazine rings is 1. The zero-order chi connectivity index (χ0) is 20.9. The van der Waals surface area contributed by atoms with Crippen LogP contribution in [0.1, 0.15) is 16.3 Å². The van der Waals surface area contributed by atoms with Gasteiger partial charge in [0.1, 0.15) is 17.3 Å². The largest absolute Gasteiger partial charge is 0.368 e. The molecule has 1 fully saturated rings. The zero-order valence-corrected chi connectivity index (χ0v) is 16.1. The number of amides is 1. The first-order chi connectivity index (χ1) is 14.6. The number of hydrogen-bond acceptors (Lipinski definition) is 9. The molecule has 0 aliphatic carbocycles. The van der Waals surface area contributed by atoms with Crippen molar-refractivity contribution in [2.75, 3.05) is 37.2 Å². The number of hydrogen-bond donors (Lipinski definition) is 2. The van der Waals surface area contributed by atoms with Gasteiger partial charge in [-0.1, -0.05) is 0 Å². The molecule has 1 aliphatic rings. The molecule has 4 rings (SSSR count). The van der Waals surface area contributed by atoms with Gasteiger partial charge in [-0.3, -0.25) is 14.7 Å². The van der Waals surface area contributed by atoms with Crippen LogP contribution in [0, 0.1) is 5.82 Å². The van der Waals surface area contributed by atoms with Crippen molar-refractivity contribution in [2.45, 2.75) is 6.54 Å². The molecule has 0 bridgehead atoms. The minimum Gasteiger partial charge on any atom is -0.368 e. The summed E-state index contributed by atoms with van der Waals surface area (Å²) in [5.41, 5.74) is 6.81. The van der Waals surface area contributed by atoms with E-state index in [9.17, 15) is 9.18 Å². The van der Waals surface area contributed by atoms with Crippen LogP contribution in [0.4, 0.5) is 22.0 Å². The van der Waals surface area contributed by atoms with Gasteiger partial charge in [0.05, 0.1) is 12.7 Å². The van der Waals surface area contributed by atoms with Gasteiger partial charge in [-0.15, -0.1) is 0 Å². The molecule has 1 aliphatic heterocycles. The molecule has 0 atom stereocenters. The first-order valence-corrected chi connectivity index (χ1v) is 9.37. The van der Waals surface area contributed by atoms with E-state index in [1.807, 2.05) is 0 Å². The quantitative estimate of drug-likeness (QED) is 0.636. The Morgan fingerprint density at radius 1 is 1.07 bits per heavy atom. The monoisotopic (exact) mass is 409 g/mol. The van der Waals surface area contributed by atoms with Crippen LogP contribution >= 0.6 is 0 Å². The number of carbonyl (C=O) groups is 1. The summed E-state index contributed by atoms with van der Waals surface area (Å²) < 4.78 is 13.1. The van der Waals surface area contributed by atoms with Crippen LogP contribution in [0.15, 0.2) is 42.9 Å². The van der Waals surface area contributed by atoms with E-state index in [0.717, 1.165) is 0 Å². The fourth-order valence-corrected chi connectivity index (χ4v) is 3.11. The summed E-state index contributed by atoms with van der Waals surface area (Å²) in [5.74, 6) is 0.453. The second-order valence-corrected chi connectivity index (χ2v) is 6.72. The van der Waals surface area contributed by atoms with Crippen LogP contribution in [-0.4, -0.2) is 66.8 Å². The molecular weight excluding hydrogens is 389 g/mol. The molecule has 1 aromatic carbocycles. The molecule has 0 spiro atoms. The van der Waals surface area contributed by atoms with Crippen LogP contribution < -0.4 is 11.1 Å². The molecular formula is C19H20FN9O. The number of anilines is 3. The molecule has 3 N–H and O–H groups in total. The fraction of sp³-hybridized carbons (Fsp3) is 0.263. The van der Waals surface area contributed by atoms with Crippen molar-refractivity contribution in [1.29, 1.82) is 0 Å². The summed E-state index contributed by atoms with van der Waals surface area (Å²) >= 11 is 0. The second kappa shape index (κ2) is 8.74. The molecule has 0 unspecified atom stereocenters. The molecule has 1 saturated heterocycles. The van der Waals surface area contributed by atoms with Crippen molar-refractivity contribution in [1.82, 2.24) is 34.7 Å². The van der Waals surface area contributed by atoms with Crippen molar-refractivity contribution in [3.05, 3.63) is 60.2 Å². The van der Waals surface area contributed by atoms with E-state index in [1.54, 1.807) is 17.0 Å². The predicted octanol–water partition coefficient (Wildman–Crippen LogP) is 1.08. The molecule has 10 nitrogen and oxygen atoms in total. The number of carbonyl (C=O) groups excluding carboxylic acids is 1. The van der Waals surface area contributed by atoms with E-state index >= 15 is 0 Å². The normalized spacial score (nSPS) is 14.5. The van der Waals surface area contributed by atoms with Crippen LogP contribution in [-0.2, 0) is 6.54 Å². The number of nitrogens with zero attached hydrogens (tertiary/aromatic N) is 7. The Bertz CT molecular complexity index is 1010. The lowest BCUT2D eigenvalue weighted by Gasteiger charge is -2.34. The molecule has 1 amide bonds. The Kier molecular flexibility index (Phi) is 5.70. The van der Waals surface area contributed by atoms with Crippen LogP contribution in [0.5, 0.6) is 0 Å². The van der Waals surface area contributed by atoms with E-state index < -0.39 is 0 Å². The van der Waals surface area contributed by atoms with E-state index in [0.29, 0.717) is 55.9 Å². The third-order valence-corrected chi connectivity index (χ3v) is 4.61. The molecule has 3 aromatic rings. The molecule has 0 radical (unpaired) electrons. The van der Waals surface area contributed by atoms with Crippen LogP contribution in [0.2, 0.25) is 0 Å². The number of nitrogen functional groups attached to an aromatic ring is 1. The topological polar surface area (TPSA) is 126 Å². The van der Waals surface area contributed by atoms with Crippen LogP contribution in [0.25, 0.3) is 0 Å². The highest BCUT2D eigenvalue weighted by Gasteiger charge is 2.23. The fourth-order valence-electron chi connectivity index (χ4n) is 3.11. The Morgan fingerprint density at radius 3 is 2.53 bits per heavy atom. The molecule has 3 heterocycles. The second-order valence-electron chi connectivity index (χ2n) is 6.72. The first kappa shape index (κ1) is 19.6. The summed E-state index contributed by atoms with van der Waals surface area (Å²) in [7, 11) is 0. The minimum absolute atomic E-state index is 0.0982. The Balaban J connectivity index is 1.36. The third kappa shape index (κ3) is 4.81. The van der Waals surface area contributed by atoms with E-state index in [-0.39, 0.29) is 17.7 Å². The van der Waals surface area contributed by atoms with Crippen molar-refractivity contribution in [3.63, 3.8) is 0 Å². The van der Waals surface area contributed by atoms with Gasteiger partial charge in [-0.2, -0.15) is 15.0 Å². The summed E-state index contributed by atoms with van der Waals surface area (Å²) in [6, 6.07) is 5.86. The number of aromatic nitrogens is 5. The van der Waals surface area contributed by atoms with Gasteiger partial charge in [-0.25, -0.2) is 9.37 Å². The van der Waals surface area contributed by atoms with Crippen molar-refractivity contribution in [3.8, 4) is 0 Å². The summed E-state index contributed by atoms with van der Waals surface area (Å²) in [5, 5.41) is 3.00. The predicted molar refractivity (Wildman–Crippen MR) is 107 cm³/mol. The molecule has 2 aromatic heterocycles. The van der Waals surface area contributed by atoms with Gasteiger partial charge < -0.3 is 16.0 Å². The maximum atomic E-state index is 13.1. The Labute approximate surface area is 172 Å². The summed E-state index contributed by atoms with van der Waals surface area (Å²) in [6.07, 6.45) is 4.51. The molecule has 0 saturated carbocycles. The molecule has 30 heavy (non-hydrogen) atoms. The highest BCUT2D eigenvalue weighted by molar-refractivity contribution is 5.92. The van der Waals surface area contributed by atoms with E-state index in [1.165, 1.54) is 30.7 Å². The smallest absolute Gasteiger partial charge is 0.274 e. The zero-order valence-electron chi connectivity index (χ0n) is 16.1. The average Bonchev–Trinajstić information content (AvgIpc) is 2.76. The van der Waals surface area contributed by atoms with E-state index in [4.69, 9.17) is 5.73 Å². The standard InChI is InChI=1S/C19H20FN9O/c20-13-1-3-14(4-2-13)24-19-26-16(25-18(21)27-19)12-28-7-9-29(10-8-28)17(30)15-11-22-5-6-23-15/h1-6,11H,7-10,12H2,(H3,21,24,25,26,27). The van der Waals surface area contributed by atoms with Gasteiger partial charge in [-0.05, 0) is 24.3 Å². The number of nitrogens with one attached hydrogen (secondary N) is 1.